The zero-order chi connectivity index (χ0) is 19.8. The van der Waals surface area contributed by atoms with E-state index in [0.29, 0.717) is 37.7 Å². The van der Waals surface area contributed by atoms with E-state index in [1.807, 2.05) is 29.2 Å². The van der Waals surface area contributed by atoms with Gasteiger partial charge >= 0.3 is 0 Å². The van der Waals surface area contributed by atoms with Crippen LogP contribution in [0.2, 0.25) is 0 Å². The molecule has 0 aromatic heterocycles. The molecule has 0 bridgehead atoms. The molecule has 1 aliphatic rings. The molecule has 2 rings (SSSR count). The number of piperidine rings is 1. The Bertz CT molecular complexity index is 628. The Kier molecular flexibility index (Phi) is 8.42. The van der Waals surface area contributed by atoms with Gasteiger partial charge in [-0.3, -0.25) is 9.59 Å². The number of likely N-dealkylation sites (tertiary alicyclic amines) is 1. The molecule has 1 aromatic rings. The van der Waals surface area contributed by atoms with E-state index >= 15 is 0 Å². The molecule has 1 aliphatic heterocycles. The Morgan fingerprint density at radius 3 is 2.52 bits per heavy atom. The van der Waals surface area contributed by atoms with Crippen molar-refractivity contribution in [2.24, 2.45) is 0 Å². The highest BCUT2D eigenvalue weighted by Crippen LogP contribution is 2.27. The molecule has 1 heterocycles. The second-order valence-corrected chi connectivity index (χ2v) is 7.79. The molecule has 1 N–H and O–H groups in total. The normalized spacial score (nSPS) is 16.3. The van der Waals surface area contributed by atoms with Crippen LogP contribution in [0.5, 0.6) is 5.75 Å². The second kappa shape index (κ2) is 10.5. The van der Waals surface area contributed by atoms with Crippen molar-refractivity contribution in [3.8, 4) is 5.75 Å². The highest BCUT2D eigenvalue weighted by Gasteiger charge is 2.28. The quantitative estimate of drug-likeness (QED) is 0.684. The number of amides is 2. The summed E-state index contributed by atoms with van der Waals surface area (Å²) in [7, 11) is 0. The van der Waals surface area contributed by atoms with Crippen molar-refractivity contribution in [3.05, 3.63) is 29.8 Å². The van der Waals surface area contributed by atoms with Crippen LogP contribution >= 0.6 is 11.6 Å². The van der Waals surface area contributed by atoms with Crippen molar-refractivity contribution in [1.29, 1.82) is 0 Å². The number of hydrogen-bond donors (Lipinski definition) is 1. The van der Waals surface area contributed by atoms with Gasteiger partial charge in [0.2, 0.25) is 5.91 Å². The first-order valence-corrected chi connectivity index (χ1v) is 10.4. The van der Waals surface area contributed by atoms with E-state index in [1.165, 1.54) is 0 Å². The zero-order valence-corrected chi connectivity index (χ0v) is 17.3. The lowest BCUT2D eigenvalue weighted by atomic mass is 10.0. The lowest BCUT2D eigenvalue weighted by Crippen LogP contribution is -2.49. The smallest absolute Gasteiger partial charge is 0.263 e. The summed E-state index contributed by atoms with van der Waals surface area (Å²) in [5.41, 5.74) is 1.11. The number of hydrogen-bond acceptors (Lipinski definition) is 3. The summed E-state index contributed by atoms with van der Waals surface area (Å²) in [6.07, 6.45) is 2.17. The maximum absolute atomic E-state index is 12.8. The number of carbonyl (C=O) groups excluding carboxylic acids is 2. The molecule has 5 nitrogen and oxygen atoms in total. The molecule has 1 fully saturated rings. The van der Waals surface area contributed by atoms with Crippen LogP contribution < -0.4 is 10.1 Å². The first-order valence-electron chi connectivity index (χ1n) is 9.82. The first kappa shape index (κ1) is 21.5. The fourth-order valence-corrected chi connectivity index (χ4v) is 3.47. The maximum Gasteiger partial charge on any atom is 0.263 e. The predicted octanol–water partition coefficient (Wildman–Crippen LogP) is 3.70. The number of para-hydroxylation sites is 1. The fourth-order valence-electron chi connectivity index (χ4n) is 3.33. The van der Waals surface area contributed by atoms with Gasteiger partial charge in [0.15, 0.2) is 6.10 Å². The van der Waals surface area contributed by atoms with Crippen LogP contribution in [0.1, 0.15) is 57.9 Å². The van der Waals surface area contributed by atoms with Crippen LogP contribution in [-0.4, -0.2) is 47.8 Å². The third-order valence-electron chi connectivity index (χ3n) is 4.90. The molecule has 1 unspecified atom stereocenters. The van der Waals surface area contributed by atoms with Gasteiger partial charge in [0.25, 0.3) is 5.91 Å². The molecule has 1 saturated heterocycles. The van der Waals surface area contributed by atoms with Gasteiger partial charge in [-0.15, -0.1) is 11.6 Å². The Morgan fingerprint density at radius 2 is 1.89 bits per heavy atom. The van der Waals surface area contributed by atoms with E-state index in [4.69, 9.17) is 16.3 Å². The van der Waals surface area contributed by atoms with Crippen molar-refractivity contribution in [3.63, 3.8) is 0 Å². The standard InChI is InChI=1S/C21H31ClN2O3/c1-15(2)18-7-4-5-8-19(18)27-16(3)21(26)24-13-10-17(11-14-24)23-20(25)9-6-12-22/h4-5,7-8,15-17H,6,9-14H2,1-3H3,(H,23,25). The summed E-state index contributed by atoms with van der Waals surface area (Å²) in [6, 6.07) is 8.00. The van der Waals surface area contributed by atoms with Gasteiger partial charge in [0.1, 0.15) is 5.75 Å². The van der Waals surface area contributed by atoms with Gasteiger partial charge in [-0.1, -0.05) is 32.0 Å². The number of ether oxygens (including phenoxy) is 1. The van der Waals surface area contributed by atoms with Crippen LogP contribution in [0, 0.1) is 0 Å². The van der Waals surface area contributed by atoms with E-state index in [-0.39, 0.29) is 17.9 Å². The molecule has 27 heavy (non-hydrogen) atoms. The Hall–Kier alpha value is -1.75. The Morgan fingerprint density at radius 1 is 1.22 bits per heavy atom. The molecule has 0 aliphatic carbocycles. The number of alkyl halides is 1. The van der Waals surface area contributed by atoms with Crippen LogP contribution in [0.25, 0.3) is 0 Å². The molecule has 6 heteroatoms. The van der Waals surface area contributed by atoms with E-state index in [0.717, 1.165) is 24.2 Å². The second-order valence-electron chi connectivity index (χ2n) is 7.41. The molecule has 1 aromatic carbocycles. The molecular formula is C21H31ClN2O3. The third kappa shape index (κ3) is 6.42. The maximum atomic E-state index is 12.8. The molecule has 0 spiro atoms. The van der Waals surface area contributed by atoms with Gasteiger partial charge in [0.05, 0.1) is 0 Å². The van der Waals surface area contributed by atoms with Crippen LogP contribution in [0.15, 0.2) is 24.3 Å². The topological polar surface area (TPSA) is 58.6 Å². The Balaban J connectivity index is 1.84. The highest BCUT2D eigenvalue weighted by molar-refractivity contribution is 6.17. The number of nitrogens with zero attached hydrogens (tertiary/aromatic N) is 1. The summed E-state index contributed by atoms with van der Waals surface area (Å²) in [6.45, 7) is 7.30. The largest absolute Gasteiger partial charge is 0.481 e. The SMILES string of the molecule is CC(Oc1ccccc1C(C)C)C(=O)N1CCC(NC(=O)CCCCl)CC1. The minimum Gasteiger partial charge on any atom is -0.481 e. The van der Waals surface area contributed by atoms with Crippen LogP contribution in [-0.2, 0) is 9.59 Å². The molecule has 150 valence electrons. The number of rotatable bonds is 8. The van der Waals surface area contributed by atoms with Crippen molar-refractivity contribution in [2.45, 2.75) is 64.5 Å². The lowest BCUT2D eigenvalue weighted by molar-refractivity contribution is -0.139. The van der Waals surface area contributed by atoms with Gasteiger partial charge < -0.3 is 15.0 Å². The summed E-state index contributed by atoms with van der Waals surface area (Å²) in [5, 5.41) is 3.04. The summed E-state index contributed by atoms with van der Waals surface area (Å²) in [5.74, 6) is 1.65. The monoisotopic (exact) mass is 394 g/mol. The van der Waals surface area contributed by atoms with E-state index in [1.54, 1.807) is 6.92 Å². The number of benzene rings is 1. The molecule has 1 atom stereocenters. The molecule has 0 radical (unpaired) electrons. The van der Waals surface area contributed by atoms with Crippen molar-refractivity contribution < 1.29 is 14.3 Å². The molecule has 0 saturated carbocycles. The van der Waals surface area contributed by atoms with Crippen molar-refractivity contribution in [2.75, 3.05) is 19.0 Å². The average Bonchev–Trinajstić information content (AvgIpc) is 2.66. The van der Waals surface area contributed by atoms with Gasteiger partial charge in [-0.25, -0.2) is 0 Å². The Labute approximate surface area is 167 Å². The minimum absolute atomic E-state index is 0.000440. The highest BCUT2D eigenvalue weighted by atomic mass is 35.5. The zero-order valence-electron chi connectivity index (χ0n) is 16.5. The van der Waals surface area contributed by atoms with Crippen LogP contribution in [0.4, 0.5) is 0 Å². The number of carbonyl (C=O) groups is 2. The summed E-state index contributed by atoms with van der Waals surface area (Å²) in [4.78, 5) is 26.4. The molecule has 2 amide bonds. The van der Waals surface area contributed by atoms with Crippen molar-refractivity contribution in [1.82, 2.24) is 10.2 Å². The summed E-state index contributed by atoms with van der Waals surface area (Å²) < 4.78 is 5.98. The average molecular weight is 395 g/mol. The van der Waals surface area contributed by atoms with Crippen molar-refractivity contribution >= 4 is 23.4 Å². The van der Waals surface area contributed by atoms with Crippen LogP contribution in [0.3, 0.4) is 0 Å². The van der Waals surface area contributed by atoms with E-state index in [9.17, 15) is 9.59 Å². The number of nitrogens with one attached hydrogen (secondary N) is 1. The van der Waals surface area contributed by atoms with E-state index < -0.39 is 6.10 Å². The lowest BCUT2D eigenvalue weighted by Gasteiger charge is -2.34. The summed E-state index contributed by atoms with van der Waals surface area (Å²) >= 11 is 5.62. The van der Waals surface area contributed by atoms with Gasteiger partial charge in [0, 0.05) is 31.4 Å². The minimum atomic E-state index is -0.528. The van der Waals surface area contributed by atoms with E-state index in [2.05, 4.69) is 19.2 Å². The number of halogens is 1. The fraction of sp³-hybridized carbons (Fsp3) is 0.619. The predicted molar refractivity (Wildman–Crippen MR) is 108 cm³/mol. The first-order chi connectivity index (χ1) is 12.9. The van der Waals surface area contributed by atoms with Gasteiger partial charge in [-0.05, 0) is 43.7 Å². The third-order valence-corrected chi connectivity index (χ3v) is 5.17. The van der Waals surface area contributed by atoms with Gasteiger partial charge in [-0.2, -0.15) is 0 Å². The molecular weight excluding hydrogens is 364 g/mol.